The van der Waals surface area contributed by atoms with Crippen molar-refractivity contribution in [3.8, 4) is 6.07 Å². The zero-order valence-corrected chi connectivity index (χ0v) is 10.3. The van der Waals surface area contributed by atoms with E-state index in [9.17, 15) is 4.79 Å². The van der Waals surface area contributed by atoms with Crippen LogP contribution < -0.4 is 10.6 Å². The Bertz CT molecular complexity index is 438. The molecule has 0 aliphatic heterocycles. The van der Waals surface area contributed by atoms with Gasteiger partial charge in [-0.15, -0.1) is 0 Å². The van der Waals surface area contributed by atoms with Gasteiger partial charge in [-0.25, -0.2) is 4.79 Å². The van der Waals surface area contributed by atoms with Gasteiger partial charge in [-0.2, -0.15) is 5.26 Å². The monoisotopic (exact) mass is 249 g/mol. The van der Waals surface area contributed by atoms with E-state index in [-0.39, 0.29) is 12.6 Å². The SMILES string of the molecule is COC(CNC(=O)Nc1cccc(C#N)c1)OC. The summed E-state index contributed by atoms with van der Waals surface area (Å²) in [6.45, 7) is 0.233. The van der Waals surface area contributed by atoms with Crippen molar-refractivity contribution < 1.29 is 14.3 Å². The Morgan fingerprint density at radius 3 is 2.78 bits per heavy atom. The molecule has 96 valence electrons. The summed E-state index contributed by atoms with van der Waals surface area (Å²) >= 11 is 0. The number of hydrogen-bond donors (Lipinski definition) is 2. The Hall–Kier alpha value is -2.10. The molecule has 0 aliphatic carbocycles. The van der Waals surface area contributed by atoms with Gasteiger partial charge in [-0.1, -0.05) is 6.07 Å². The van der Waals surface area contributed by atoms with Gasteiger partial charge in [0.05, 0.1) is 18.2 Å². The lowest BCUT2D eigenvalue weighted by atomic mass is 10.2. The molecule has 0 radical (unpaired) electrons. The first-order valence-corrected chi connectivity index (χ1v) is 5.30. The lowest BCUT2D eigenvalue weighted by Crippen LogP contribution is -2.36. The highest BCUT2D eigenvalue weighted by Crippen LogP contribution is 2.09. The van der Waals surface area contributed by atoms with E-state index in [1.807, 2.05) is 6.07 Å². The van der Waals surface area contributed by atoms with Crippen LogP contribution in [-0.2, 0) is 9.47 Å². The highest BCUT2D eigenvalue weighted by molar-refractivity contribution is 5.89. The van der Waals surface area contributed by atoms with Gasteiger partial charge >= 0.3 is 6.03 Å². The molecule has 1 aromatic rings. The maximum absolute atomic E-state index is 11.5. The topological polar surface area (TPSA) is 83.4 Å². The third kappa shape index (κ3) is 4.41. The molecule has 6 heteroatoms. The van der Waals surface area contributed by atoms with Crippen molar-refractivity contribution in [1.29, 1.82) is 5.26 Å². The van der Waals surface area contributed by atoms with Gasteiger partial charge in [0.25, 0.3) is 0 Å². The summed E-state index contributed by atoms with van der Waals surface area (Å²) in [5, 5.41) is 13.9. The summed E-state index contributed by atoms with van der Waals surface area (Å²) in [7, 11) is 2.98. The maximum Gasteiger partial charge on any atom is 0.319 e. The highest BCUT2D eigenvalue weighted by atomic mass is 16.7. The molecule has 0 fully saturated rings. The minimum atomic E-state index is -0.485. The zero-order valence-electron chi connectivity index (χ0n) is 10.3. The molecular formula is C12H15N3O3. The second kappa shape index (κ2) is 7.27. The van der Waals surface area contributed by atoms with Crippen LogP contribution in [0.3, 0.4) is 0 Å². The number of methoxy groups -OCH3 is 2. The predicted octanol–water partition coefficient (Wildman–Crippen LogP) is 1.30. The number of anilines is 1. The number of hydrogen-bond acceptors (Lipinski definition) is 4. The number of carbonyl (C=O) groups excluding carboxylic acids is 1. The second-order valence-corrected chi connectivity index (χ2v) is 3.43. The molecular weight excluding hydrogens is 234 g/mol. The normalized spacial score (nSPS) is 9.89. The number of nitrogens with one attached hydrogen (secondary N) is 2. The predicted molar refractivity (Wildman–Crippen MR) is 66.0 cm³/mol. The van der Waals surface area contributed by atoms with Crippen LogP contribution in [0.2, 0.25) is 0 Å². The lowest BCUT2D eigenvalue weighted by molar-refractivity contribution is -0.0970. The van der Waals surface area contributed by atoms with Crippen molar-refractivity contribution in [2.45, 2.75) is 6.29 Å². The summed E-state index contributed by atoms with van der Waals surface area (Å²) < 4.78 is 9.86. The molecule has 0 spiro atoms. The molecule has 0 saturated carbocycles. The molecule has 1 aromatic carbocycles. The molecule has 0 aromatic heterocycles. The molecule has 0 saturated heterocycles. The Morgan fingerprint density at radius 2 is 2.17 bits per heavy atom. The lowest BCUT2D eigenvalue weighted by Gasteiger charge is -2.14. The van der Waals surface area contributed by atoms with Gasteiger partial charge < -0.3 is 20.1 Å². The highest BCUT2D eigenvalue weighted by Gasteiger charge is 2.07. The summed E-state index contributed by atoms with van der Waals surface area (Å²) in [6, 6.07) is 8.26. The number of ether oxygens (including phenoxy) is 2. The zero-order chi connectivity index (χ0) is 13.4. The molecule has 6 nitrogen and oxygen atoms in total. The van der Waals surface area contributed by atoms with Gasteiger partial charge in [0, 0.05) is 19.9 Å². The number of benzene rings is 1. The minimum absolute atomic E-state index is 0.233. The average Bonchev–Trinajstić information content (AvgIpc) is 2.40. The number of rotatable bonds is 5. The molecule has 0 bridgehead atoms. The Morgan fingerprint density at radius 1 is 1.44 bits per heavy atom. The van der Waals surface area contributed by atoms with E-state index in [0.29, 0.717) is 11.3 Å². The summed E-state index contributed by atoms with van der Waals surface area (Å²) in [5.41, 5.74) is 1.04. The maximum atomic E-state index is 11.5. The molecule has 0 aliphatic rings. The van der Waals surface area contributed by atoms with Crippen LogP contribution >= 0.6 is 0 Å². The number of nitrogens with zero attached hydrogens (tertiary/aromatic N) is 1. The fraction of sp³-hybridized carbons (Fsp3) is 0.333. The second-order valence-electron chi connectivity index (χ2n) is 3.43. The van der Waals surface area contributed by atoms with Crippen LogP contribution in [0.1, 0.15) is 5.56 Å². The van der Waals surface area contributed by atoms with E-state index in [4.69, 9.17) is 14.7 Å². The first-order chi connectivity index (χ1) is 8.69. The number of amides is 2. The van der Waals surface area contributed by atoms with Crippen molar-refractivity contribution in [3.63, 3.8) is 0 Å². The standard InChI is InChI=1S/C12H15N3O3/c1-17-11(18-2)8-14-12(16)15-10-5-3-4-9(6-10)7-13/h3-6,11H,8H2,1-2H3,(H2,14,15,16). The molecule has 0 unspecified atom stereocenters. The van der Waals surface area contributed by atoms with Crippen molar-refractivity contribution in [2.24, 2.45) is 0 Å². The van der Waals surface area contributed by atoms with E-state index < -0.39 is 6.29 Å². The number of nitriles is 1. The van der Waals surface area contributed by atoms with E-state index in [2.05, 4.69) is 10.6 Å². The fourth-order valence-electron chi connectivity index (χ4n) is 1.28. The van der Waals surface area contributed by atoms with Gasteiger partial charge in [-0.05, 0) is 18.2 Å². The molecule has 0 heterocycles. The van der Waals surface area contributed by atoms with Crippen molar-refractivity contribution >= 4 is 11.7 Å². The van der Waals surface area contributed by atoms with Gasteiger partial charge in [0.1, 0.15) is 0 Å². The van der Waals surface area contributed by atoms with E-state index in [1.165, 1.54) is 14.2 Å². The van der Waals surface area contributed by atoms with Gasteiger partial charge in [-0.3, -0.25) is 0 Å². The fourth-order valence-corrected chi connectivity index (χ4v) is 1.28. The average molecular weight is 249 g/mol. The third-order valence-corrected chi connectivity index (χ3v) is 2.20. The first-order valence-electron chi connectivity index (χ1n) is 5.30. The van der Waals surface area contributed by atoms with Crippen LogP contribution in [0.15, 0.2) is 24.3 Å². The van der Waals surface area contributed by atoms with Crippen LogP contribution in [0, 0.1) is 11.3 Å². The molecule has 1 rings (SSSR count). The van der Waals surface area contributed by atoms with Crippen LogP contribution in [-0.4, -0.2) is 33.1 Å². The van der Waals surface area contributed by atoms with Gasteiger partial charge in [0.2, 0.25) is 0 Å². The van der Waals surface area contributed by atoms with E-state index >= 15 is 0 Å². The summed E-state index contributed by atoms with van der Waals surface area (Å²) in [6.07, 6.45) is -0.485. The largest absolute Gasteiger partial charge is 0.354 e. The Kier molecular flexibility index (Phi) is 5.64. The molecule has 0 atom stereocenters. The van der Waals surface area contributed by atoms with Crippen molar-refractivity contribution in [2.75, 3.05) is 26.1 Å². The summed E-state index contributed by atoms with van der Waals surface area (Å²) in [4.78, 5) is 11.5. The van der Waals surface area contributed by atoms with Crippen molar-refractivity contribution in [1.82, 2.24) is 5.32 Å². The molecule has 18 heavy (non-hydrogen) atoms. The minimum Gasteiger partial charge on any atom is -0.354 e. The van der Waals surface area contributed by atoms with Gasteiger partial charge in [0.15, 0.2) is 6.29 Å². The molecule has 2 N–H and O–H groups in total. The number of carbonyl (C=O) groups is 1. The third-order valence-electron chi connectivity index (χ3n) is 2.20. The van der Waals surface area contributed by atoms with Crippen LogP contribution in [0.4, 0.5) is 10.5 Å². The van der Waals surface area contributed by atoms with Crippen LogP contribution in [0.25, 0.3) is 0 Å². The Balaban J connectivity index is 2.47. The van der Waals surface area contributed by atoms with Crippen LogP contribution in [0.5, 0.6) is 0 Å². The van der Waals surface area contributed by atoms with E-state index in [1.54, 1.807) is 24.3 Å². The van der Waals surface area contributed by atoms with E-state index in [0.717, 1.165) is 0 Å². The molecule has 2 amide bonds. The smallest absolute Gasteiger partial charge is 0.319 e. The summed E-state index contributed by atoms with van der Waals surface area (Å²) in [5.74, 6) is 0. The first kappa shape index (κ1) is 14.0. The van der Waals surface area contributed by atoms with Crippen molar-refractivity contribution in [3.05, 3.63) is 29.8 Å². The quantitative estimate of drug-likeness (QED) is 0.770. The Labute approximate surface area is 106 Å². The number of urea groups is 1.